The number of carbonyl (C=O) groups is 6. The molecule has 6 aromatic heterocycles. The lowest BCUT2D eigenvalue weighted by atomic mass is 10.1. The summed E-state index contributed by atoms with van der Waals surface area (Å²) in [5, 5.41) is 2.78. The zero-order valence-electron chi connectivity index (χ0n) is 79.6. The van der Waals surface area contributed by atoms with Crippen LogP contribution in [0.15, 0.2) is 122 Å². The van der Waals surface area contributed by atoms with Gasteiger partial charge in [0, 0.05) is 56.5 Å². The molecular weight excluding hydrogens is 1800 g/mol. The van der Waals surface area contributed by atoms with Crippen LogP contribution in [0.3, 0.4) is 0 Å². The van der Waals surface area contributed by atoms with E-state index in [4.69, 9.17) is 80.0 Å². The predicted octanol–water partition coefficient (Wildman–Crippen LogP) is 28.6. The van der Waals surface area contributed by atoms with Crippen LogP contribution < -0.4 is 28.4 Å². The van der Waals surface area contributed by atoms with E-state index in [1.165, 1.54) is 71.2 Å². The normalized spacial score (nSPS) is 12.0. The molecule has 0 unspecified atom stereocenters. The van der Waals surface area contributed by atoms with Crippen LogP contribution in [-0.4, -0.2) is 137 Å². The number of aromatic nitrogens is 6. The molecule has 0 atom stereocenters. The topological polar surface area (TPSA) is 243 Å². The van der Waals surface area contributed by atoms with Gasteiger partial charge in [0.05, 0.1) is 88.5 Å². The first-order chi connectivity index (χ1) is 61.4. The maximum Gasteiger partial charge on any atom is 0.432 e. The highest BCUT2D eigenvalue weighted by Gasteiger charge is 2.41. The SMILES string of the molecule is CC(C)OC(=O)n1c(C(F)(F)F)cc2c(F)c(OC(C)(C)C)ccc21.CCCOC(=O)n1c(C(F)(F)F)cc2c(F)c(OC(C)(C)C)ccc21.CCCOC(=O)n1c(C)c(F)c2cc(OC(C)(C)C)ccc21.CCCOC(=O)n1c(C)cc2c(Cl)c(OC(C)(C)C)ccc21.CCOC(=O)n1ccc2cc(OC(C)(C)C)cc(F)c21.COC(=O)n1ccc2c(Cl)c(OC(C)(C)C)ccc21. The first-order valence-electron chi connectivity index (χ1n) is 42.6. The van der Waals surface area contributed by atoms with Gasteiger partial charge in [0.1, 0.15) is 68.0 Å². The Labute approximate surface area is 775 Å². The molecule has 6 aromatic carbocycles. The van der Waals surface area contributed by atoms with Crippen LogP contribution >= 0.6 is 23.2 Å². The van der Waals surface area contributed by atoms with E-state index < -0.39 is 100 Å². The number of aryl methyl sites for hydroxylation is 1. The van der Waals surface area contributed by atoms with E-state index >= 15 is 0 Å². The van der Waals surface area contributed by atoms with Crippen molar-refractivity contribution in [1.82, 2.24) is 27.4 Å². The van der Waals surface area contributed by atoms with E-state index in [1.54, 1.807) is 123 Å². The van der Waals surface area contributed by atoms with Crippen LogP contribution in [0.25, 0.3) is 65.4 Å². The molecule has 0 bridgehead atoms. The molecule has 0 fully saturated rings. The second-order valence-corrected chi connectivity index (χ2v) is 37.2. The Morgan fingerprint density at radius 2 is 0.744 bits per heavy atom. The molecule has 24 nitrogen and oxygen atoms in total. The summed E-state index contributed by atoms with van der Waals surface area (Å²) in [6, 6.07) is 26.5. The molecule has 0 saturated heterocycles. The summed E-state index contributed by atoms with van der Waals surface area (Å²) in [5.41, 5.74) is -2.87. The number of benzene rings is 6. The van der Waals surface area contributed by atoms with Crippen molar-refractivity contribution in [3.63, 3.8) is 0 Å². The number of methoxy groups -OCH3 is 1. The Kier molecular flexibility index (Phi) is 35.3. The molecule has 36 heteroatoms. The van der Waals surface area contributed by atoms with E-state index in [2.05, 4.69) is 0 Å². The van der Waals surface area contributed by atoms with Gasteiger partial charge in [-0.05, 0) is 282 Å². The molecule has 133 heavy (non-hydrogen) atoms. The third kappa shape index (κ3) is 28.6. The van der Waals surface area contributed by atoms with Gasteiger partial charge in [0.2, 0.25) is 0 Å². The average molecular weight is 1910 g/mol. The number of rotatable bonds is 14. The van der Waals surface area contributed by atoms with Crippen LogP contribution in [-0.2, 0) is 40.8 Å². The van der Waals surface area contributed by atoms with Crippen molar-refractivity contribution in [2.45, 2.75) is 251 Å². The summed E-state index contributed by atoms with van der Waals surface area (Å²) < 4.78 is 207. The van der Waals surface area contributed by atoms with Crippen molar-refractivity contribution in [3.05, 3.63) is 178 Å². The van der Waals surface area contributed by atoms with E-state index in [-0.39, 0.29) is 80.6 Å². The maximum absolute atomic E-state index is 14.6. The fraction of sp³-hybridized carbons (Fsp3) is 0.443. The van der Waals surface area contributed by atoms with Crippen LogP contribution in [0.2, 0.25) is 10.0 Å². The molecule has 0 amide bonds. The van der Waals surface area contributed by atoms with Crippen LogP contribution in [0.1, 0.15) is 208 Å². The second-order valence-electron chi connectivity index (χ2n) is 36.4. The summed E-state index contributed by atoms with van der Waals surface area (Å²) in [6.07, 6.45) is -9.65. The molecule has 726 valence electrons. The highest BCUT2D eigenvalue weighted by atomic mass is 35.5. The molecule has 0 saturated carbocycles. The van der Waals surface area contributed by atoms with Crippen molar-refractivity contribution in [1.29, 1.82) is 0 Å². The van der Waals surface area contributed by atoms with Crippen molar-refractivity contribution in [2.24, 2.45) is 0 Å². The summed E-state index contributed by atoms with van der Waals surface area (Å²) in [6.45, 7) is 47.9. The summed E-state index contributed by atoms with van der Waals surface area (Å²) in [4.78, 5) is 71.8. The molecule has 0 N–H and O–H groups in total. The summed E-state index contributed by atoms with van der Waals surface area (Å²) >= 11 is 12.8. The van der Waals surface area contributed by atoms with Gasteiger partial charge < -0.3 is 56.8 Å². The molecule has 0 aliphatic rings. The van der Waals surface area contributed by atoms with E-state index in [0.717, 1.165) is 39.4 Å². The minimum Gasteiger partial charge on any atom is -0.488 e. The molecular formula is C97H116Cl2F10N6O18. The quantitative estimate of drug-likeness (QED) is 0.0725. The maximum atomic E-state index is 14.6. The van der Waals surface area contributed by atoms with Gasteiger partial charge in [-0.25, -0.2) is 69.2 Å². The number of nitrogens with zero attached hydrogens (tertiary/aromatic N) is 6. The van der Waals surface area contributed by atoms with Crippen LogP contribution in [0, 0.1) is 37.1 Å². The molecule has 12 aromatic rings. The van der Waals surface area contributed by atoms with Crippen molar-refractivity contribution >= 4 is 125 Å². The Hall–Kier alpha value is -11.9. The van der Waals surface area contributed by atoms with Gasteiger partial charge in [-0.15, -0.1) is 0 Å². The molecule has 12 rings (SSSR count). The average Bonchev–Trinajstić information content (AvgIpc) is 1.60. The lowest BCUT2D eigenvalue weighted by Gasteiger charge is -2.22. The largest absolute Gasteiger partial charge is 0.488 e. The predicted molar refractivity (Wildman–Crippen MR) is 492 cm³/mol. The van der Waals surface area contributed by atoms with Crippen molar-refractivity contribution in [3.8, 4) is 34.5 Å². The van der Waals surface area contributed by atoms with E-state index in [1.807, 2.05) is 116 Å². The number of fused-ring (bicyclic) bond motifs is 6. The number of alkyl halides is 6. The monoisotopic (exact) mass is 1910 g/mol. The first-order valence-corrected chi connectivity index (χ1v) is 43.3. The first kappa shape index (κ1) is 108. The van der Waals surface area contributed by atoms with Gasteiger partial charge in [-0.2, -0.15) is 26.3 Å². The molecule has 6 heterocycles. The Bertz CT molecular complexity index is 6170. The van der Waals surface area contributed by atoms with Crippen molar-refractivity contribution in [2.75, 3.05) is 33.5 Å². The van der Waals surface area contributed by atoms with Crippen molar-refractivity contribution < 1.29 is 130 Å². The third-order valence-corrected chi connectivity index (χ3v) is 18.5. The van der Waals surface area contributed by atoms with E-state index in [0.29, 0.717) is 95.8 Å². The molecule has 0 aliphatic heterocycles. The fourth-order valence-electron chi connectivity index (χ4n) is 12.9. The number of ether oxygens (including phenoxy) is 12. The summed E-state index contributed by atoms with van der Waals surface area (Å²) in [7, 11) is 1.34. The standard InChI is InChI=1S/C17H22ClNO3.2C17H19F4NO3.C17H22FNO3.C15H18FNO3.C14H16ClNO3/c1-6-9-21-16(20)19-11(2)10-12-13(19)7-8-14(15(12)18)22-17(3,4)5;1-9(2)24-15(23)22-11-6-7-12(25-16(3,4)5)14(18)10(11)8-13(22)17(19,20)21;1-5-8-24-15(23)22-11-6-7-12(25-16(2,3)4)14(18)10(11)9-13(22)17(19,20)21;1-6-9-21-16(20)19-11(2)15(18)13-10-12(7-8-14(13)19)22-17(3,4)5;1-5-19-14(18)17-7-6-10-8-11(20-15(2,3)4)9-12(16)13(10)17;1-14(2,3)19-11-6-5-10-9(12(11)15)7-8-16(10)13(17)18-4/h7-8,10H,6,9H2,1-5H3;6-9H,1-5H3;6-7,9H,5,8H2,1-4H3;7-8,10H,6,9H2,1-5H3;6-9H,5H2,1-4H3;5-8H,1-4H3. The highest BCUT2D eigenvalue weighted by molar-refractivity contribution is 6.37. The van der Waals surface area contributed by atoms with E-state index in [9.17, 15) is 72.7 Å². The second kappa shape index (κ2) is 43.4. The molecule has 0 spiro atoms. The van der Waals surface area contributed by atoms with Gasteiger partial charge >= 0.3 is 48.9 Å². The van der Waals surface area contributed by atoms with Gasteiger partial charge in [0.15, 0.2) is 34.8 Å². The fourth-order valence-corrected chi connectivity index (χ4v) is 13.4. The Balaban J connectivity index is 0.000000218. The zero-order chi connectivity index (χ0) is 100. The smallest absolute Gasteiger partial charge is 0.432 e. The number of carbonyl (C=O) groups excluding carboxylic acids is 6. The number of halogens is 12. The van der Waals surface area contributed by atoms with Gasteiger partial charge in [0.25, 0.3) is 0 Å². The van der Waals surface area contributed by atoms with Crippen LogP contribution in [0.4, 0.5) is 72.7 Å². The number of hydrogen-bond donors (Lipinski definition) is 0. The Morgan fingerprint density at radius 3 is 1.17 bits per heavy atom. The Morgan fingerprint density at radius 1 is 0.368 bits per heavy atom. The zero-order valence-corrected chi connectivity index (χ0v) is 81.2. The minimum atomic E-state index is -4.85. The van der Waals surface area contributed by atoms with Crippen LogP contribution in [0.5, 0.6) is 34.5 Å². The number of hydrogen-bond acceptors (Lipinski definition) is 18. The highest BCUT2D eigenvalue weighted by Crippen LogP contribution is 2.43. The lowest BCUT2D eigenvalue weighted by molar-refractivity contribution is -0.143. The molecule has 0 aliphatic carbocycles. The third-order valence-electron chi connectivity index (χ3n) is 17.7. The lowest BCUT2D eigenvalue weighted by Crippen LogP contribution is -2.24. The molecule has 0 radical (unpaired) electrons. The van der Waals surface area contributed by atoms with Gasteiger partial charge in [-0.3, -0.25) is 4.57 Å². The van der Waals surface area contributed by atoms with Gasteiger partial charge in [-0.1, -0.05) is 44.0 Å². The minimum absolute atomic E-state index is 0.0382. The summed E-state index contributed by atoms with van der Waals surface area (Å²) in [5.74, 6) is -1.03.